The van der Waals surface area contributed by atoms with Gasteiger partial charge in [0.2, 0.25) is 0 Å². The van der Waals surface area contributed by atoms with Gasteiger partial charge in [0.25, 0.3) is 0 Å². The van der Waals surface area contributed by atoms with E-state index in [0.29, 0.717) is 17.3 Å². The lowest BCUT2D eigenvalue weighted by Crippen LogP contribution is -2.27. The summed E-state index contributed by atoms with van der Waals surface area (Å²) in [5.74, 6) is 0.677. The van der Waals surface area contributed by atoms with Gasteiger partial charge in [-0.25, -0.2) is 4.79 Å². The lowest BCUT2D eigenvalue weighted by atomic mass is 9.94. The molecular formula is C15H20N2O2. The average molecular weight is 260 g/mol. The van der Waals surface area contributed by atoms with Crippen molar-refractivity contribution in [2.24, 2.45) is 11.8 Å². The molecule has 2 fully saturated rings. The van der Waals surface area contributed by atoms with E-state index in [1.165, 1.54) is 25.7 Å². The van der Waals surface area contributed by atoms with Gasteiger partial charge < -0.3 is 10.4 Å². The Morgan fingerprint density at radius 2 is 2.16 bits per heavy atom. The number of carbonyl (C=O) groups is 1. The second-order valence-corrected chi connectivity index (χ2v) is 6.00. The highest BCUT2D eigenvalue weighted by atomic mass is 16.4. The van der Waals surface area contributed by atoms with Crippen LogP contribution in [-0.4, -0.2) is 22.1 Å². The van der Waals surface area contributed by atoms with Crippen LogP contribution in [-0.2, 0) is 0 Å². The summed E-state index contributed by atoms with van der Waals surface area (Å²) >= 11 is 0. The standard InChI is InChI=1S/C15H20N2O2/c1-8-5-13(14(15(18)19)9(2)16-8)17-12-7-10-3-4-11(12)6-10/h5,10-12H,3-4,6-7H2,1-2H3,(H,16,17)(H,18,19). The fourth-order valence-electron chi connectivity index (χ4n) is 3.83. The Kier molecular flexibility index (Phi) is 2.96. The molecule has 3 atom stereocenters. The summed E-state index contributed by atoms with van der Waals surface area (Å²) in [6.45, 7) is 3.67. The third-order valence-corrected chi connectivity index (χ3v) is 4.62. The first-order chi connectivity index (χ1) is 9.04. The van der Waals surface area contributed by atoms with Crippen molar-refractivity contribution in [3.63, 3.8) is 0 Å². The first-order valence-corrected chi connectivity index (χ1v) is 7.02. The van der Waals surface area contributed by atoms with Crippen LogP contribution < -0.4 is 5.32 Å². The van der Waals surface area contributed by atoms with Crippen LogP contribution >= 0.6 is 0 Å². The Hall–Kier alpha value is -1.58. The quantitative estimate of drug-likeness (QED) is 0.877. The largest absolute Gasteiger partial charge is 0.478 e. The van der Waals surface area contributed by atoms with Gasteiger partial charge in [-0.1, -0.05) is 6.42 Å². The highest BCUT2D eigenvalue weighted by Gasteiger charge is 2.39. The topological polar surface area (TPSA) is 62.2 Å². The van der Waals surface area contributed by atoms with E-state index in [1.54, 1.807) is 6.92 Å². The van der Waals surface area contributed by atoms with Gasteiger partial charge in [0, 0.05) is 11.7 Å². The van der Waals surface area contributed by atoms with Gasteiger partial charge in [-0.05, 0) is 51.0 Å². The van der Waals surface area contributed by atoms with E-state index < -0.39 is 5.97 Å². The van der Waals surface area contributed by atoms with Crippen molar-refractivity contribution in [1.29, 1.82) is 0 Å². The third-order valence-electron chi connectivity index (χ3n) is 4.62. The van der Waals surface area contributed by atoms with Crippen LogP contribution in [0.2, 0.25) is 0 Å². The van der Waals surface area contributed by atoms with E-state index in [9.17, 15) is 9.90 Å². The third kappa shape index (κ3) is 2.20. The molecular weight excluding hydrogens is 240 g/mol. The molecule has 0 radical (unpaired) electrons. The summed E-state index contributed by atoms with van der Waals surface area (Å²) in [5, 5.41) is 12.8. The number of hydrogen-bond acceptors (Lipinski definition) is 3. The number of nitrogens with one attached hydrogen (secondary N) is 1. The highest BCUT2D eigenvalue weighted by molar-refractivity contribution is 5.95. The van der Waals surface area contributed by atoms with Crippen LogP contribution in [0.15, 0.2) is 6.07 Å². The number of hydrogen-bond donors (Lipinski definition) is 2. The smallest absolute Gasteiger partial charge is 0.339 e. The molecule has 4 nitrogen and oxygen atoms in total. The summed E-state index contributed by atoms with van der Waals surface area (Å²) in [6.07, 6.45) is 5.13. The number of rotatable bonds is 3. The van der Waals surface area contributed by atoms with E-state index in [0.717, 1.165) is 23.2 Å². The van der Waals surface area contributed by atoms with Crippen molar-refractivity contribution >= 4 is 11.7 Å². The van der Waals surface area contributed by atoms with E-state index in [2.05, 4.69) is 10.3 Å². The van der Waals surface area contributed by atoms with E-state index in [-0.39, 0.29) is 0 Å². The first-order valence-electron chi connectivity index (χ1n) is 7.02. The van der Waals surface area contributed by atoms with Crippen LogP contribution in [0, 0.1) is 25.7 Å². The van der Waals surface area contributed by atoms with Crippen LogP contribution in [0.1, 0.15) is 47.4 Å². The molecule has 1 heterocycles. The predicted octanol–water partition coefficient (Wildman–Crippen LogP) is 3.00. The number of nitrogens with zero attached hydrogens (tertiary/aromatic N) is 1. The molecule has 0 amide bonds. The number of aromatic nitrogens is 1. The summed E-state index contributed by atoms with van der Waals surface area (Å²) in [4.78, 5) is 15.7. The number of anilines is 1. The summed E-state index contributed by atoms with van der Waals surface area (Å²) in [7, 11) is 0. The van der Waals surface area contributed by atoms with Crippen LogP contribution in [0.5, 0.6) is 0 Å². The number of aryl methyl sites for hydroxylation is 2. The molecule has 2 aliphatic rings. The fourth-order valence-corrected chi connectivity index (χ4v) is 3.83. The van der Waals surface area contributed by atoms with Gasteiger partial charge in [0.1, 0.15) is 5.56 Å². The number of fused-ring (bicyclic) bond motifs is 2. The molecule has 0 spiro atoms. The Morgan fingerprint density at radius 3 is 2.74 bits per heavy atom. The van der Waals surface area contributed by atoms with Gasteiger partial charge in [-0.15, -0.1) is 0 Å². The number of carboxylic acids is 1. The molecule has 19 heavy (non-hydrogen) atoms. The normalized spacial score (nSPS) is 28.6. The van der Waals surface area contributed by atoms with Crippen molar-refractivity contribution in [2.75, 3.05) is 5.32 Å². The zero-order valence-electron chi connectivity index (χ0n) is 11.4. The van der Waals surface area contributed by atoms with Crippen LogP contribution in [0.3, 0.4) is 0 Å². The minimum atomic E-state index is -0.893. The summed E-state index contributed by atoms with van der Waals surface area (Å²) in [6, 6.07) is 2.31. The molecule has 0 aromatic carbocycles. The van der Waals surface area contributed by atoms with Crippen LogP contribution in [0.25, 0.3) is 0 Å². The van der Waals surface area contributed by atoms with Crippen molar-refractivity contribution in [1.82, 2.24) is 4.98 Å². The van der Waals surface area contributed by atoms with Crippen LogP contribution in [0.4, 0.5) is 5.69 Å². The summed E-state index contributed by atoms with van der Waals surface area (Å²) < 4.78 is 0. The van der Waals surface area contributed by atoms with E-state index in [1.807, 2.05) is 13.0 Å². The van der Waals surface area contributed by atoms with Crippen molar-refractivity contribution in [3.05, 3.63) is 23.0 Å². The van der Waals surface area contributed by atoms with E-state index in [4.69, 9.17) is 0 Å². The molecule has 0 saturated heterocycles. The second-order valence-electron chi connectivity index (χ2n) is 6.00. The van der Waals surface area contributed by atoms with E-state index >= 15 is 0 Å². The molecule has 0 aliphatic heterocycles. The number of pyridine rings is 1. The molecule has 102 valence electrons. The average Bonchev–Trinajstić information content (AvgIpc) is 2.88. The van der Waals surface area contributed by atoms with Crippen molar-refractivity contribution in [3.8, 4) is 0 Å². The van der Waals surface area contributed by atoms with Gasteiger partial charge in [-0.3, -0.25) is 4.98 Å². The Balaban J connectivity index is 1.89. The summed E-state index contributed by atoms with van der Waals surface area (Å²) in [5.41, 5.74) is 2.54. The molecule has 1 aromatic rings. The van der Waals surface area contributed by atoms with Gasteiger partial charge in [-0.2, -0.15) is 0 Å². The SMILES string of the molecule is Cc1cc(NC2CC3CCC2C3)c(C(=O)O)c(C)n1. The molecule has 2 aliphatic carbocycles. The van der Waals surface area contributed by atoms with Gasteiger partial charge in [0.05, 0.1) is 11.4 Å². The maximum atomic E-state index is 11.4. The molecule has 1 aromatic heterocycles. The molecule has 2 bridgehead atoms. The molecule has 2 N–H and O–H groups in total. The fraction of sp³-hybridized carbons (Fsp3) is 0.600. The molecule has 3 unspecified atom stereocenters. The van der Waals surface area contributed by atoms with Gasteiger partial charge in [0.15, 0.2) is 0 Å². The predicted molar refractivity (Wildman–Crippen MR) is 73.5 cm³/mol. The lowest BCUT2D eigenvalue weighted by molar-refractivity contribution is 0.0696. The van der Waals surface area contributed by atoms with Crippen molar-refractivity contribution < 1.29 is 9.90 Å². The zero-order valence-corrected chi connectivity index (χ0v) is 11.4. The minimum absolute atomic E-state index is 0.327. The lowest BCUT2D eigenvalue weighted by Gasteiger charge is -2.25. The zero-order chi connectivity index (χ0) is 13.6. The number of carboxylic acid groups (broad SMARTS) is 1. The maximum absolute atomic E-state index is 11.4. The molecule has 2 saturated carbocycles. The maximum Gasteiger partial charge on any atom is 0.339 e. The highest BCUT2D eigenvalue weighted by Crippen LogP contribution is 2.45. The van der Waals surface area contributed by atoms with Gasteiger partial charge >= 0.3 is 5.97 Å². The molecule has 3 rings (SSSR count). The Labute approximate surface area is 113 Å². The second kappa shape index (κ2) is 4.51. The van der Waals surface area contributed by atoms with Crippen molar-refractivity contribution in [2.45, 2.75) is 45.6 Å². The number of aromatic carboxylic acids is 1. The Morgan fingerprint density at radius 1 is 1.37 bits per heavy atom. The monoisotopic (exact) mass is 260 g/mol. The molecule has 4 heteroatoms. The Bertz CT molecular complexity index is 527. The first kappa shape index (κ1) is 12.5. The minimum Gasteiger partial charge on any atom is -0.478 e.